The quantitative estimate of drug-likeness (QED) is 0.637. The van der Waals surface area contributed by atoms with Crippen LogP contribution < -0.4 is 10.9 Å². The molecule has 0 unspecified atom stereocenters. The number of amides is 1. The average molecular weight is 326 g/mol. The molecule has 0 aromatic carbocycles. The summed E-state index contributed by atoms with van der Waals surface area (Å²) in [6, 6.07) is 1.25. The molecule has 2 N–H and O–H groups in total. The number of nitrogens with zero attached hydrogens (tertiary/aromatic N) is 2. The topological polar surface area (TPSA) is 78.1 Å². The minimum absolute atomic E-state index is 0.191. The van der Waals surface area contributed by atoms with Crippen molar-refractivity contribution in [3.63, 3.8) is 0 Å². The second kappa shape index (κ2) is 10.4. The number of carbonyl (C=O) groups is 1. The molecule has 124 valence electrons. The smallest absolute Gasteiger partial charge is 0.270 e. The van der Waals surface area contributed by atoms with E-state index in [9.17, 15) is 9.59 Å². The van der Waals surface area contributed by atoms with Gasteiger partial charge in [0.15, 0.2) is 0 Å². The largest absolute Gasteiger partial charge is 0.351 e. The van der Waals surface area contributed by atoms with E-state index in [1.54, 1.807) is 11.8 Å². The Hall–Kier alpha value is -1.34. The first-order chi connectivity index (χ1) is 10.6. The fourth-order valence-corrected chi connectivity index (χ4v) is 2.53. The second-order valence-corrected chi connectivity index (χ2v) is 5.87. The van der Waals surface area contributed by atoms with Crippen molar-refractivity contribution in [3.8, 4) is 0 Å². The number of rotatable bonds is 10. The number of carbonyl (C=O) groups excluding carboxylic acids is 1. The van der Waals surface area contributed by atoms with Crippen molar-refractivity contribution in [2.45, 2.75) is 32.4 Å². The van der Waals surface area contributed by atoms with E-state index in [0.29, 0.717) is 18.1 Å². The molecule has 7 heteroatoms. The van der Waals surface area contributed by atoms with E-state index in [1.165, 1.54) is 6.07 Å². The number of hydrogen-bond donors (Lipinski definition) is 2. The molecule has 0 radical (unpaired) electrons. The lowest BCUT2D eigenvalue weighted by Crippen LogP contribution is -2.29. The van der Waals surface area contributed by atoms with E-state index in [4.69, 9.17) is 0 Å². The Morgan fingerprint density at radius 1 is 1.36 bits per heavy atom. The SMILES string of the molecule is CCN(CC)CCCCNC(=O)c1cc(=O)[nH]c(CSC)n1. The minimum Gasteiger partial charge on any atom is -0.351 e. The number of unbranched alkanes of at least 4 members (excludes halogenated alkanes) is 1. The van der Waals surface area contributed by atoms with E-state index in [-0.39, 0.29) is 17.2 Å². The Bertz CT molecular complexity index is 515. The monoisotopic (exact) mass is 326 g/mol. The third-order valence-corrected chi connectivity index (χ3v) is 3.95. The van der Waals surface area contributed by atoms with Gasteiger partial charge in [-0.3, -0.25) is 9.59 Å². The number of thioether (sulfide) groups is 1. The van der Waals surface area contributed by atoms with E-state index in [2.05, 4.69) is 34.0 Å². The summed E-state index contributed by atoms with van der Waals surface area (Å²) >= 11 is 1.55. The van der Waals surface area contributed by atoms with Crippen LogP contribution in [0.5, 0.6) is 0 Å². The molecule has 1 aromatic heterocycles. The lowest BCUT2D eigenvalue weighted by Gasteiger charge is -2.17. The van der Waals surface area contributed by atoms with Crippen LogP contribution in [0, 0.1) is 0 Å². The summed E-state index contributed by atoms with van der Waals surface area (Å²) in [5, 5.41) is 2.83. The zero-order chi connectivity index (χ0) is 16.4. The summed E-state index contributed by atoms with van der Waals surface area (Å²) < 4.78 is 0. The van der Waals surface area contributed by atoms with Gasteiger partial charge in [0.1, 0.15) is 11.5 Å². The molecule has 1 aromatic rings. The lowest BCUT2D eigenvalue weighted by molar-refractivity contribution is 0.0947. The Balaban J connectivity index is 2.41. The van der Waals surface area contributed by atoms with Crippen LogP contribution in [-0.4, -0.2) is 53.2 Å². The van der Waals surface area contributed by atoms with Crippen LogP contribution in [0.2, 0.25) is 0 Å². The predicted octanol–water partition coefficient (Wildman–Crippen LogP) is 1.48. The Kier molecular flexibility index (Phi) is 8.84. The summed E-state index contributed by atoms with van der Waals surface area (Å²) in [5.41, 5.74) is -0.0951. The molecule has 0 fully saturated rings. The molecule has 0 aliphatic carbocycles. The summed E-state index contributed by atoms with van der Waals surface area (Å²) in [7, 11) is 0. The Morgan fingerprint density at radius 3 is 2.73 bits per heavy atom. The van der Waals surface area contributed by atoms with Crippen LogP contribution in [0.15, 0.2) is 10.9 Å². The summed E-state index contributed by atoms with van der Waals surface area (Å²) in [4.78, 5) is 32.7. The van der Waals surface area contributed by atoms with Gasteiger partial charge in [0.25, 0.3) is 11.5 Å². The summed E-state index contributed by atoms with van der Waals surface area (Å²) in [6.07, 6.45) is 3.88. The highest BCUT2D eigenvalue weighted by atomic mass is 32.2. The standard InChI is InChI=1S/C15H26N4O2S/c1-4-19(5-2)9-7-6-8-16-15(21)12-10-14(20)18-13(17-12)11-22-3/h10H,4-9,11H2,1-3H3,(H,16,21)(H,17,18,20). The molecule has 0 saturated heterocycles. The molecule has 6 nitrogen and oxygen atoms in total. The molecule has 0 atom stereocenters. The van der Waals surface area contributed by atoms with Crippen molar-refractivity contribution < 1.29 is 4.79 Å². The maximum atomic E-state index is 12.0. The van der Waals surface area contributed by atoms with Crippen molar-refractivity contribution in [2.24, 2.45) is 0 Å². The third kappa shape index (κ3) is 6.62. The molecule has 1 rings (SSSR count). The molecule has 22 heavy (non-hydrogen) atoms. The van der Waals surface area contributed by atoms with Gasteiger partial charge in [-0.25, -0.2) is 4.98 Å². The number of hydrogen-bond acceptors (Lipinski definition) is 5. The first-order valence-corrected chi connectivity index (χ1v) is 9.09. The maximum absolute atomic E-state index is 12.0. The molecule has 0 aliphatic rings. The maximum Gasteiger partial charge on any atom is 0.270 e. The van der Waals surface area contributed by atoms with Gasteiger partial charge in [0, 0.05) is 12.6 Å². The number of aromatic amines is 1. The van der Waals surface area contributed by atoms with E-state index in [1.807, 2.05) is 6.26 Å². The second-order valence-electron chi connectivity index (χ2n) is 5.00. The molecule has 0 bridgehead atoms. The fraction of sp³-hybridized carbons (Fsp3) is 0.667. The highest BCUT2D eigenvalue weighted by molar-refractivity contribution is 7.97. The number of nitrogens with one attached hydrogen (secondary N) is 2. The van der Waals surface area contributed by atoms with Gasteiger partial charge < -0.3 is 15.2 Å². The molecule has 1 heterocycles. The van der Waals surface area contributed by atoms with Gasteiger partial charge >= 0.3 is 0 Å². The van der Waals surface area contributed by atoms with Gasteiger partial charge in [-0.15, -0.1) is 0 Å². The molecule has 0 spiro atoms. The minimum atomic E-state index is -0.286. The van der Waals surface area contributed by atoms with Crippen molar-refractivity contribution in [1.29, 1.82) is 0 Å². The van der Waals surface area contributed by atoms with E-state index < -0.39 is 0 Å². The van der Waals surface area contributed by atoms with Crippen LogP contribution in [0.1, 0.15) is 43.0 Å². The van der Waals surface area contributed by atoms with E-state index in [0.717, 1.165) is 32.5 Å². The first-order valence-electron chi connectivity index (χ1n) is 7.70. The average Bonchev–Trinajstić information content (AvgIpc) is 2.50. The van der Waals surface area contributed by atoms with Crippen molar-refractivity contribution in [1.82, 2.24) is 20.2 Å². The zero-order valence-corrected chi connectivity index (χ0v) is 14.5. The lowest BCUT2D eigenvalue weighted by atomic mass is 10.2. The first kappa shape index (κ1) is 18.7. The van der Waals surface area contributed by atoms with Crippen LogP contribution in [0.4, 0.5) is 0 Å². The Morgan fingerprint density at radius 2 is 2.09 bits per heavy atom. The summed E-state index contributed by atoms with van der Waals surface area (Å²) in [5.74, 6) is 0.836. The molecular formula is C15H26N4O2S. The fourth-order valence-electron chi connectivity index (χ4n) is 2.12. The normalized spacial score (nSPS) is 10.9. The van der Waals surface area contributed by atoms with Gasteiger partial charge in [0.05, 0.1) is 5.75 Å². The van der Waals surface area contributed by atoms with Crippen LogP contribution in [-0.2, 0) is 5.75 Å². The zero-order valence-electron chi connectivity index (χ0n) is 13.6. The van der Waals surface area contributed by atoms with Gasteiger partial charge in [-0.1, -0.05) is 13.8 Å². The molecule has 0 aliphatic heterocycles. The number of aromatic nitrogens is 2. The number of H-pyrrole nitrogens is 1. The van der Waals surface area contributed by atoms with Crippen LogP contribution in [0.25, 0.3) is 0 Å². The van der Waals surface area contributed by atoms with Gasteiger partial charge in [-0.2, -0.15) is 11.8 Å². The molecule has 0 saturated carbocycles. The van der Waals surface area contributed by atoms with Gasteiger partial charge in [-0.05, 0) is 38.7 Å². The van der Waals surface area contributed by atoms with Crippen molar-refractivity contribution >= 4 is 17.7 Å². The molecule has 1 amide bonds. The highest BCUT2D eigenvalue weighted by Gasteiger charge is 2.09. The van der Waals surface area contributed by atoms with E-state index >= 15 is 0 Å². The van der Waals surface area contributed by atoms with Crippen molar-refractivity contribution in [2.75, 3.05) is 32.4 Å². The van der Waals surface area contributed by atoms with Crippen LogP contribution in [0.3, 0.4) is 0 Å². The summed E-state index contributed by atoms with van der Waals surface area (Å²) in [6.45, 7) is 8.05. The van der Waals surface area contributed by atoms with Gasteiger partial charge in [0.2, 0.25) is 0 Å². The third-order valence-electron chi connectivity index (χ3n) is 3.39. The van der Waals surface area contributed by atoms with Crippen LogP contribution >= 0.6 is 11.8 Å². The predicted molar refractivity (Wildman–Crippen MR) is 91.4 cm³/mol. The molecular weight excluding hydrogens is 300 g/mol. The van der Waals surface area contributed by atoms with Crippen molar-refractivity contribution in [3.05, 3.63) is 27.9 Å². The highest BCUT2D eigenvalue weighted by Crippen LogP contribution is 2.02. The Labute approximate surface area is 136 Å².